The minimum atomic E-state index is -0.653. The molecule has 1 aliphatic rings. The molecular formula is C21H21NO4. The summed E-state index contributed by atoms with van der Waals surface area (Å²) in [7, 11) is 1.54. The van der Waals surface area contributed by atoms with E-state index in [-0.39, 0.29) is 11.4 Å². The van der Waals surface area contributed by atoms with E-state index in [9.17, 15) is 14.7 Å². The fourth-order valence-corrected chi connectivity index (χ4v) is 3.35. The van der Waals surface area contributed by atoms with Gasteiger partial charge in [-0.05, 0) is 25.0 Å². The summed E-state index contributed by atoms with van der Waals surface area (Å²) in [5.74, 6) is -0.749. The van der Waals surface area contributed by atoms with E-state index in [1.54, 1.807) is 13.2 Å². The lowest BCUT2D eigenvalue weighted by Gasteiger charge is -2.27. The van der Waals surface area contributed by atoms with Gasteiger partial charge in [-0.2, -0.15) is 0 Å². The normalized spacial score (nSPS) is 16.9. The average molecular weight is 351 g/mol. The molecule has 0 saturated carbocycles. The van der Waals surface area contributed by atoms with Crippen LogP contribution in [0.3, 0.4) is 0 Å². The first-order chi connectivity index (χ1) is 12.5. The first-order valence-corrected chi connectivity index (χ1v) is 8.46. The summed E-state index contributed by atoms with van der Waals surface area (Å²) < 4.78 is 5.41. The van der Waals surface area contributed by atoms with Crippen molar-refractivity contribution in [1.29, 1.82) is 0 Å². The lowest BCUT2D eigenvalue weighted by atomic mass is 9.95. The van der Waals surface area contributed by atoms with Gasteiger partial charge in [0.25, 0.3) is 5.91 Å². The molecule has 134 valence electrons. The van der Waals surface area contributed by atoms with Gasteiger partial charge >= 0.3 is 0 Å². The molecule has 0 aromatic heterocycles. The van der Waals surface area contributed by atoms with E-state index in [0.29, 0.717) is 24.3 Å². The number of ether oxygens (including phenoxy) is 1. The molecule has 0 saturated heterocycles. The summed E-state index contributed by atoms with van der Waals surface area (Å²) in [5, 5.41) is 10.3. The standard InChI is InChI=1S/C21H21NO4/c1-14(23)18-19(16-10-6-7-11-17(16)26-2)22(21(25)20(18)24)13-12-15-8-4-3-5-9-15/h3-11,19,24H,12-13H2,1-2H3/t19-/m0/s1. The van der Waals surface area contributed by atoms with E-state index in [1.807, 2.05) is 48.5 Å². The number of aliphatic hydroxyl groups excluding tert-OH is 1. The van der Waals surface area contributed by atoms with Crippen LogP contribution in [0.15, 0.2) is 65.9 Å². The quantitative estimate of drug-likeness (QED) is 0.868. The third-order valence-corrected chi connectivity index (χ3v) is 4.60. The van der Waals surface area contributed by atoms with E-state index in [2.05, 4.69) is 0 Å². The van der Waals surface area contributed by atoms with Crippen molar-refractivity contribution < 1.29 is 19.4 Å². The number of benzene rings is 2. The molecule has 5 nitrogen and oxygen atoms in total. The highest BCUT2D eigenvalue weighted by Gasteiger charge is 2.43. The Labute approximate surface area is 152 Å². The smallest absolute Gasteiger partial charge is 0.290 e. The molecule has 3 rings (SSSR count). The molecule has 1 amide bonds. The monoisotopic (exact) mass is 351 g/mol. The highest BCUT2D eigenvalue weighted by Crippen LogP contribution is 2.41. The number of nitrogens with zero attached hydrogens (tertiary/aromatic N) is 1. The van der Waals surface area contributed by atoms with Crippen LogP contribution in [0.25, 0.3) is 0 Å². The third-order valence-electron chi connectivity index (χ3n) is 4.60. The van der Waals surface area contributed by atoms with Gasteiger partial charge in [0.1, 0.15) is 5.75 Å². The summed E-state index contributed by atoms with van der Waals surface area (Å²) >= 11 is 0. The zero-order valence-corrected chi connectivity index (χ0v) is 14.8. The number of hydrogen-bond donors (Lipinski definition) is 1. The molecule has 1 heterocycles. The number of Topliss-reactive ketones (excluding diaryl/α,β-unsaturated/α-hetero) is 1. The van der Waals surface area contributed by atoms with Gasteiger partial charge < -0.3 is 14.7 Å². The number of rotatable bonds is 6. The number of hydrogen-bond acceptors (Lipinski definition) is 4. The lowest BCUT2D eigenvalue weighted by molar-refractivity contribution is -0.129. The molecule has 0 unspecified atom stereocenters. The first-order valence-electron chi connectivity index (χ1n) is 8.46. The maximum absolute atomic E-state index is 12.6. The largest absolute Gasteiger partial charge is 0.503 e. The molecule has 1 aliphatic heterocycles. The Morgan fingerprint density at radius 3 is 2.42 bits per heavy atom. The molecule has 0 bridgehead atoms. The number of aliphatic hydroxyl groups is 1. The van der Waals surface area contributed by atoms with Gasteiger partial charge in [-0.25, -0.2) is 0 Å². The Balaban J connectivity index is 1.99. The highest BCUT2D eigenvalue weighted by atomic mass is 16.5. The van der Waals surface area contributed by atoms with Crippen molar-refractivity contribution in [3.8, 4) is 5.75 Å². The van der Waals surface area contributed by atoms with Crippen molar-refractivity contribution in [3.05, 3.63) is 77.1 Å². The van der Waals surface area contributed by atoms with Crippen LogP contribution < -0.4 is 4.74 Å². The van der Waals surface area contributed by atoms with E-state index >= 15 is 0 Å². The third kappa shape index (κ3) is 3.20. The van der Waals surface area contributed by atoms with Crippen molar-refractivity contribution >= 4 is 11.7 Å². The van der Waals surface area contributed by atoms with E-state index in [0.717, 1.165) is 5.56 Å². The second-order valence-electron chi connectivity index (χ2n) is 6.20. The number of amides is 1. The zero-order valence-electron chi connectivity index (χ0n) is 14.8. The van der Waals surface area contributed by atoms with Gasteiger partial charge in [0, 0.05) is 12.1 Å². The van der Waals surface area contributed by atoms with Crippen molar-refractivity contribution in [2.45, 2.75) is 19.4 Å². The van der Waals surface area contributed by atoms with Gasteiger partial charge in [0.15, 0.2) is 11.5 Å². The second kappa shape index (κ2) is 7.44. The van der Waals surface area contributed by atoms with Gasteiger partial charge in [0.2, 0.25) is 0 Å². The molecule has 0 aliphatic carbocycles. The Bertz CT molecular complexity index is 857. The maximum Gasteiger partial charge on any atom is 0.290 e. The topological polar surface area (TPSA) is 66.8 Å². The Hall–Kier alpha value is -3.08. The minimum Gasteiger partial charge on any atom is -0.503 e. The molecular weight excluding hydrogens is 330 g/mol. The first kappa shape index (κ1) is 17.7. The number of para-hydroxylation sites is 1. The molecule has 0 spiro atoms. The van der Waals surface area contributed by atoms with Crippen LogP contribution in [-0.4, -0.2) is 35.4 Å². The van der Waals surface area contributed by atoms with Crippen LogP contribution in [0.2, 0.25) is 0 Å². The van der Waals surface area contributed by atoms with Crippen LogP contribution in [-0.2, 0) is 16.0 Å². The predicted octanol–water partition coefficient (Wildman–Crippen LogP) is 3.22. The van der Waals surface area contributed by atoms with Crippen LogP contribution in [0.5, 0.6) is 5.75 Å². The van der Waals surface area contributed by atoms with Crippen LogP contribution in [0, 0.1) is 0 Å². The summed E-state index contributed by atoms with van der Waals surface area (Å²) in [6.45, 7) is 1.74. The van der Waals surface area contributed by atoms with Crippen molar-refractivity contribution in [1.82, 2.24) is 4.90 Å². The fourth-order valence-electron chi connectivity index (χ4n) is 3.35. The maximum atomic E-state index is 12.6. The van der Waals surface area contributed by atoms with Crippen molar-refractivity contribution in [2.75, 3.05) is 13.7 Å². The van der Waals surface area contributed by atoms with E-state index in [4.69, 9.17) is 4.74 Å². The lowest BCUT2D eigenvalue weighted by Crippen LogP contribution is -2.33. The van der Waals surface area contributed by atoms with Crippen molar-refractivity contribution in [3.63, 3.8) is 0 Å². The summed E-state index contributed by atoms with van der Waals surface area (Å²) in [4.78, 5) is 26.4. The molecule has 1 N–H and O–H groups in total. The van der Waals surface area contributed by atoms with E-state index in [1.165, 1.54) is 11.8 Å². The van der Waals surface area contributed by atoms with Gasteiger partial charge in [-0.15, -0.1) is 0 Å². The fraction of sp³-hybridized carbons (Fsp3) is 0.238. The number of carbonyl (C=O) groups is 2. The SMILES string of the molecule is COc1ccccc1[C@H]1C(C(C)=O)=C(O)C(=O)N1CCc1ccccc1. The van der Waals surface area contributed by atoms with Gasteiger partial charge in [-0.1, -0.05) is 48.5 Å². The molecule has 26 heavy (non-hydrogen) atoms. The highest BCUT2D eigenvalue weighted by molar-refractivity contribution is 6.08. The van der Waals surface area contributed by atoms with Crippen LogP contribution in [0.1, 0.15) is 24.1 Å². The van der Waals surface area contributed by atoms with Crippen LogP contribution in [0.4, 0.5) is 0 Å². The van der Waals surface area contributed by atoms with Crippen molar-refractivity contribution in [2.24, 2.45) is 0 Å². The number of carbonyl (C=O) groups excluding carboxylic acids is 2. The second-order valence-corrected chi connectivity index (χ2v) is 6.20. The minimum absolute atomic E-state index is 0.118. The van der Waals surface area contributed by atoms with E-state index < -0.39 is 17.7 Å². The summed E-state index contributed by atoms with van der Waals surface area (Å²) in [6, 6.07) is 16.4. The molecule has 0 radical (unpaired) electrons. The molecule has 2 aromatic rings. The Morgan fingerprint density at radius 1 is 1.12 bits per heavy atom. The molecule has 5 heteroatoms. The van der Waals surface area contributed by atoms with Gasteiger partial charge in [-0.3, -0.25) is 9.59 Å². The molecule has 2 aromatic carbocycles. The zero-order chi connectivity index (χ0) is 18.7. The Morgan fingerprint density at radius 2 is 1.77 bits per heavy atom. The summed E-state index contributed by atoms with van der Waals surface area (Å²) in [5.41, 5.74) is 1.88. The summed E-state index contributed by atoms with van der Waals surface area (Å²) in [6.07, 6.45) is 0.622. The number of ketones is 1. The molecule has 1 atom stereocenters. The number of methoxy groups -OCH3 is 1. The van der Waals surface area contributed by atoms with Gasteiger partial charge in [0.05, 0.1) is 18.7 Å². The molecule has 0 fully saturated rings. The average Bonchev–Trinajstić information content (AvgIpc) is 2.91. The predicted molar refractivity (Wildman–Crippen MR) is 97.9 cm³/mol. The Kier molecular flexibility index (Phi) is 5.07. The van der Waals surface area contributed by atoms with Crippen LogP contribution >= 0.6 is 0 Å².